The molecule has 0 heterocycles. The summed E-state index contributed by atoms with van der Waals surface area (Å²) in [6, 6.07) is 115. The minimum Gasteiger partial charge on any atom is -0.310 e. The first-order valence-electron chi connectivity index (χ1n) is 26.8. The lowest BCUT2D eigenvalue weighted by Gasteiger charge is -2.28. The first-order valence-corrected chi connectivity index (χ1v) is 26.8. The van der Waals surface area contributed by atoms with Crippen LogP contribution in [0.1, 0.15) is 0 Å². The second-order valence-corrected chi connectivity index (χ2v) is 20.0. The van der Waals surface area contributed by atoms with Crippen molar-refractivity contribution >= 4 is 77.2 Å². The molecule has 78 heavy (non-hydrogen) atoms. The quantitative estimate of drug-likeness (QED) is 0.127. The lowest BCUT2D eigenvalue weighted by Crippen LogP contribution is -2.11. The first kappa shape index (κ1) is 46.3. The van der Waals surface area contributed by atoms with Gasteiger partial charge in [-0.1, -0.05) is 255 Å². The number of hydrogen-bond acceptors (Lipinski definition) is 2. The number of benzene rings is 14. The first-order chi connectivity index (χ1) is 38.7. The number of anilines is 6. The lowest BCUT2D eigenvalue weighted by molar-refractivity contribution is 1.29. The van der Waals surface area contributed by atoms with Crippen LogP contribution in [-0.2, 0) is 0 Å². The highest BCUT2D eigenvalue weighted by atomic mass is 15.1. The SMILES string of the molecule is c1ccc(-c2ccc(N(c3ccc(-c4ccc(N(c5ccc(-c6cccc7ccccc67)cc5)c5ccc(-c6ccccc6)c6ccccc56)cc4)cc3)c3ccc(-c4cccc5ccccc45)cc3)c3ccccc23)cc1. The molecule has 0 aliphatic heterocycles. The van der Waals surface area contributed by atoms with Crippen molar-refractivity contribution in [3.8, 4) is 55.6 Å². The van der Waals surface area contributed by atoms with Gasteiger partial charge in [-0.25, -0.2) is 0 Å². The van der Waals surface area contributed by atoms with E-state index in [1.54, 1.807) is 0 Å². The molecule has 366 valence electrons. The van der Waals surface area contributed by atoms with Crippen molar-refractivity contribution in [2.24, 2.45) is 0 Å². The van der Waals surface area contributed by atoms with Crippen LogP contribution < -0.4 is 9.80 Å². The van der Waals surface area contributed by atoms with Crippen molar-refractivity contribution in [2.45, 2.75) is 0 Å². The van der Waals surface area contributed by atoms with Gasteiger partial charge in [0.05, 0.1) is 11.4 Å². The lowest BCUT2D eigenvalue weighted by atomic mass is 9.95. The van der Waals surface area contributed by atoms with Crippen LogP contribution >= 0.6 is 0 Å². The van der Waals surface area contributed by atoms with Gasteiger partial charge >= 0.3 is 0 Å². The van der Waals surface area contributed by atoms with Gasteiger partial charge in [-0.2, -0.15) is 0 Å². The molecule has 0 bridgehead atoms. The third-order valence-corrected chi connectivity index (χ3v) is 15.5. The molecule has 14 aromatic carbocycles. The van der Waals surface area contributed by atoms with Gasteiger partial charge in [0.15, 0.2) is 0 Å². The Morgan fingerprint density at radius 3 is 0.795 bits per heavy atom. The summed E-state index contributed by atoms with van der Waals surface area (Å²) < 4.78 is 0. The summed E-state index contributed by atoms with van der Waals surface area (Å²) in [5, 5.41) is 9.78. The normalized spacial score (nSPS) is 11.3. The van der Waals surface area contributed by atoms with E-state index >= 15 is 0 Å². The zero-order valence-electron chi connectivity index (χ0n) is 42.9. The maximum absolute atomic E-state index is 2.41. The Morgan fingerprint density at radius 1 is 0.154 bits per heavy atom. The Labute approximate surface area is 455 Å². The van der Waals surface area contributed by atoms with E-state index in [2.05, 4.69) is 325 Å². The maximum atomic E-state index is 2.41. The van der Waals surface area contributed by atoms with Crippen molar-refractivity contribution < 1.29 is 0 Å². The van der Waals surface area contributed by atoms with Crippen molar-refractivity contribution in [1.29, 1.82) is 0 Å². The van der Waals surface area contributed by atoms with Crippen LogP contribution in [-0.4, -0.2) is 0 Å². The van der Waals surface area contributed by atoms with E-state index in [0.29, 0.717) is 0 Å². The van der Waals surface area contributed by atoms with Crippen molar-refractivity contribution in [1.82, 2.24) is 0 Å². The van der Waals surface area contributed by atoms with Crippen molar-refractivity contribution in [3.05, 3.63) is 315 Å². The van der Waals surface area contributed by atoms with E-state index in [1.165, 1.54) is 87.6 Å². The molecule has 0 saturated carbocycles. The molecule has 0 aliphatic carbocycles. The summed E-state index contributed by atoms with van der Waals surface area (Å²) in [5.41, 5.74) is 18.5. The number of nitrogens with zero attached hydrogens (tertiary/aromatic N) is 2. The summed E-state index contributed by atoms with van der Waals surface area (Å²) in [7, 11) is 0. The molecule has 0 spiro atoms. The fourth-order valence-corrected chi connectivity index (χ4v) is 11.7. The molecule has 2 heteroatoms. The Bertz CT molecular complexity index is 4150. The van der Waals surface area contributed by atoms with Gasteiger partial charge in [0, 0.05) is 33.5 Å². The van der Waals surface area contributed by atoms with Crippen molar-refractivity contribution in [2.75, 3.05) is 9.80 Å². The Balaban J connectivity index is 0.847. The molecular formula is C76H52N2. The van der Waals surface area contributed by atoms with Crippen molar-refractivity contribution in [3.63, 3.8) is 0 Å². The van der Waals surface area contributed by atoms with Crippen LogP contribution in [0.25, 0.3) is 98.7 Å². The predicted molar refractivity (Wildman–Crippen MR) is 333 cm³/mol. The third kappa shape index (κ3) is 8.52. The van der Waals surface area contributed by atoms with E-state index in [0.717, 1.165) is 45.3 Å². The molecule has 2 nitrogen and oxygen atoms in total. The second-order valence-electron chi connectivity index (χ2n) is 20.0. The van der Waals surface area contributed by atoms with Gasteiger partial charge in [-0.3, -0.25) is 0 Å². The smallest absolute Gasteiger partial charge is 0.0540 e. The molecule has 0 saturated heterocycles. The van der Waals surface area contributed by atoms with Crippen LogP contribution in [0.3, 0.4) is 0 Å². The molecule has 0 radical (unpaired) electrons. The molecule has 0 aliphatic rings. The van der Waals surface area contributed by atoms with Gasteiger partial charge in [0.25, 0.3) is 0 Å². The van der Waals surface area contributed by atoms with Gasteiger partial charge in [0.2, 0.25) is 0 Å². The van der Waals surface area contributed by atoms with Crippen LogP contribution in [0.5, 0.6) is 0 Å². The molecule has 0 N–H and O–H groups in total. The summed E-state index contributed by atoms with van der Waals surface area (Å²) >= 11 is 0. The minimum atomic E-state index is 1.08. The third-order valence-electron chi connectivity index (χ3n) is 15.5. The predicted octanol–water partition coefficient (Wildman–Crippen LogP) is 21.6. The average Bonchev–Trinajstić information content (AvgIpc) is 3.52. The summed E-state index contributed by atoms with van der Waals surface area (Å²) in [6.07, 6.45) is 0. The summed E-state index contributed by atoms with van der Waals surface area (Å²) in [6.45, 7) is 0. The Morgan fingerprint density at radius 2 is 0.423 bits per heavy atom. The standard InChI is InChI=1S/C76H52N2/c1-3-17-55(18-4-1)69-49-51-75(73-29-13-11-27-71(69)73)77(63-45-37-59(38-46-63)67-31-15-23-57-21-7-9-25-65(57)67)61-41-33-53(34-42-61)54-35-43-62(44-36-54)78(64-47-39-60(40-48-64)68-32-16-24-58-22-8-10-26-66(58)68)76-52-50-70(56-19-5-2-6-20-56)72-28-12-14-30-74(72)76/h1-52H. The fraction of sp³-hybridized carbons (Fsp3) is 0. The highest BCUT2D eigenvalue weighted by Crippen LogP contribution is 2.46. The topological polar surface area (TPSA) is 6.48 Å². The van der Waals surface area contributed by atoms with Crippen LogP contribution in [0.2, 0.25) is 0 Å². The largest absolute Gasteiger partial charge is 0.310 e. The zero-order valence-corrected chi connectivity index (χ0v) is 42.9. The number of fused-ring (bicyclic) bond motifs is 4. The van der Waals surface area contributed by atoms with E-state index in [1.807, 2.05) is 0 Å². The number of hydrogen-bond donors (Lipinski definition) is 0. The molecule has 0 atom stereocenters. The molecule has 0 fully saturated rings. The average molecular weight is 993 g/mol. The van der Waals surface area contributed by atoms with Crippen LogP contribution in [0, 0.1) is 0 Å². The van der Waals surface area contributed by atoms with E-state index in [9.17, 15) is 0 Å². The molecule has 14 rings (SSSR count). The van der Waals surface area contributed by atoms with Gasteiger partial charge < -0.3 is 9.80 Å². The molecule has 0 unspecified atom stereocenters. The second kappa shape index (κ2) is 20.1. The Kier molecular flexibility index (Phi) is 11.9. The van der Waals surface area contributed by atoms with E-state index in [4.69, 9.17) is 0 Å². The van der Waals surface area contributed by atoms with Crippen LogP contribution in [0.4, 0.5) is 34.1 Å². The maximum Gasteiger partial charge on any atom is 0.0540 e. The Hall–Kier alpha value is -10.3. The highest BCUT2D eigenvalue weighted by Gasteiger charge is 2.21. The fourth-order valence-electron chi connectivity index (χ4n) is 11.7. The minimum absolute atomic E-state index is 1.08. The summed E-state index contributed by atoms with van der Waals surface area (Å²) in [5.74, 6) is 0. The number of rotatable bonds is 11. The summed E-state index contributed by atoms with van der Waals surface area (Å²) in [4.78, 5) is 4.82. The van der Waals surface area contributed by atoms with Gasteiger partial charge in [-0.15, -0.1) is 0 Å². The molecule has 0 amide bonds. The monoisotopic (exact) mass is 992 g/mol. The zero-order chi connectivity index (χ0) is 51.8. The molecule has 14 aromatic rings. The highest BCUT2D eigenvalue weighted by molar-refractivity contribution is 6.08. The van der Waals surface area contributed by atoms with Gasteiger partial charge in [0.1, 0.15) is 0 Å². The van der Waals surface area contributed by atoms with E-state index < -0.39 is 0 Å². The molecule has 0 aromatic heterocycles. The van der Waals surface area contributed by atoms with Crippen LogP contribution in [0.15, 0.2) is 315 Å². The molecular weight excluding hydrogens is 941 g/mol. The van der Waals surface area contributed by atoms with Gasteiger partial charge in [-0.05, 0) is 149 Å². The van der Waals surface area contributed by atoms with E-state index in [-0.39, 0.29) is 0 Å².